The minimum Gasteiger partial charge on any atom is -0.368 e. The van der Waals surface area contributed by atoms with Crippen molar-refractivity contribution < 1.29 is 4.39 Å². The molecular weight excluding hydrogens is 327 g/mol. The van der Waals surface area contributed by atoms with Crippen LogP contribution in [0.5, 0.6) is 0 Å². The summed E-state index contributed by atoms with van der Waals surface area (Å²) < 4.78 is 13.2. The maximum absolute atomic E-state index is 13.2. The fourth-order valence-electron chi connectivity index (χ4n) is 3.12. The number of nitrogens with two attached hydrogens (primary N) is 1. The summed E-state index contributed by atoms with van der Waals surface area (Å²) in [5, 5.41) is 0. The summed E-state index contributed by atoms with van der Waals surface area (Å²) in [4.78, 5) is 13.5. The number of nitrogens with zero attached hydrogens (tertiary/aromatic N) is 3. The van der Waals surface area contributed by atoms with Crippen LogP contribution in [-0.4, -0.2) is 15.0 Å². The Morgan fingerprint density at radius 3 is 2.35 bits per heavy atom. The Balaban J connectivity index is 1.82. The molecule has 0 amide bonds. The predicted octanol–water partition coefficient (Wildman–Crippen LogP) is 5.32. The zero-order valence-corrected chi connectivity index (χ0v) is 15.2. The van der Waals surface area contributed by atoms with Gasteiger partial charge in [-0.2, -0.15) is 0 Å². The van der Waals surface area contributed by atoms with Gasteiger partial charge in [-0.1, -0.05) is 39.0 Å². The van der Waals surface area contributed by atoms with Crippen LogP contribution in [0.4, 0.5) is 10.3 Å². The fraction of sp³-hybridized carbons (Fsp3) is 0.381. The molecule has 0 aliphatic heterocycles. The number of halogens is 1. The van der Waals surface area contributed by atoms with E-state index in [1.807, 2.05) is 12.1 Å². The molecule has 2 aromatic heterocycles. The minimum absolute atomic E-state index is 0.255. The van der Waals surface area contributed by atoms with Gasteiger partial charge >= 0.3 is 0 Å². The van der Waals surface area contributed by atoms with Crippen molar-refractivity contribution in [2.75, 3.05) is 5.73 Å². The van der Waals surface area contributed by atoms with Crippen LogP contribution in [0, 0.1) is 5.82 Å². The molecule has 3 rings (SSSR count). The average molecular weight is 352 g/mol. The standard InChI is InChI=1S/C21H25FN4/c1-2-3-4-5-6-7-8-18-20-19(26-21(23)25-18)14-13-17(24-20)15-9-11-16(22)12-10-15/h9-14H,2-8H2,1H3,(H2,23,25,26). The second kappa shape index (κ2) is 8.70. The van der Waals surface area contributed by atoms with E-state index in [1.165, 1.54) is 44.2 Å². The van der Waals surface area contributed by atoms with E-state index in [-0.39, 0.29) is 11.8 Å². The number of aryl methyl sites for hydroxylation is 1. The van der Waals surface area contributed by atoms with Crippen molar-refractivity contribution in [2.24, 2.45) is 0 Å². The lowest BCUT2D eigenvalue weighted by Crippen LogP contribution is -2.03. The summed E-state index contributed by atoms with van der Waals surface area (Å²) in [7, 11) is 0. The SMILES string of the molecule is CCCCCCCCc1nc(N)nc2ccc(-c3ccc(F)cc3)nc12. The van der Waals surface area contributed by atoms with E-state index in [2.05, 4.69) is 16.9 Å². The van der Waals surface area contributed by atoms with Gasteiger partial charge in [0.05, 0.1) is 16.9 Å². The Bertz CT molecular complexity index is 862. The van der Waals surface area contributed by atoms with E-state index >= 15 is 0 Å². The van der Waals surface area contributed by atoms with Crippen molar-refractivity contribution in [3.05, 3.63) is 47.9 Å². The summed E-state index contributed by atoms with van der Waals surface area (Å²) in [5.41, 5.74) is 9.96. The number of unbranched alkanes of at least 4 members (excludes halogenated alkanes) is 5. The molecule has 2 heterocycles. The van der Waals surface area contributed by atoms with Crippen molar-refractivity contribution in [3.63, 3.8) is 0 Å². The summed E-state index contributed by atoms with van der Waals surface area (Å²) in [6.07, 6.45) is 8.18. The Morgan fingerprint density at radius 1 is 0.846 bits per heavy atom. The number of hydrogen-bond donors (Lipinski definition) is 1. The number of anilines is 1. The topological polar surface area (TPSA) is 64.7 Å². The number of fused-ring (bicyclic) bond motifs is 1. The summed E-state index contributed by atoms with van der Waals surface area (Å²) in [6, 6.07) is 10.1. The molecule has 0 bridgehead atoms. The molecule has 0 aliphatic rings. The first-order valence-corrected chi connectivity index (χ1v) is 9.36. The molecular formula is C21H25FN4. The van der Waals surface area contributed by atoms with Crippen molar-refractivity contribution in [3.8, 4) is 11.3 Å². The number of nitrogen functional groups attached to an aromatic ring is 1. The van der Waals surface area contributed by atoms with Crippen LogP contribution < -0.4 is 5.73 Å². The number of aromatic nitrogens is 3. The number of pyridine rings is 1. The number of hydrogen-bond acceptors (Lipinski definition) is 4. The van der Waals surface area contributed by atoms with Crippen LogP contribution >= 0.6 is 0 Å². The van der Waals surface area contributed by atoms with Gasteiger partial charge in [-0.3, -0.25) is 0 Å². The van der Waals surface area contributed by atoms with Crippen molar-refractivity contribution in [2.45, 2.75) is 51.9 Å². The van der Waals surface area contributed by atoms with Crippen LogP contribution in [0.1, 0.15) is 51.1 Å². The zero-order valence-electron chi connectivity index (χ0n) is 15.2. The molecule has 2 N–H and O–H groups in total. The van der Waals surface area contributed by atoms with E-state index in [0.717, 1.165) is 40.8 Å². The minimum atomic E-state index is -0.255. The summed E-state index contributed by atoms with van der Waals surface area (Å²) >= 11 is 0. The van der Waals surface area contributed by atoms with Gasteiger partial charge in [-0.25, -0.2) is 19.3 Å². The van der Waals surface area contributed by atoms with Gasteiger partial charge in [0.25, 0.3) is 0 Å². The second-order valence-electron chi connectivity index (χ2n) is 6.62. The molecule has 1 aromatic carbocycles. The molecule has 0 unspecified atom stereocenters. The van der Waals surface area contributed by atoms with Crippen LogP contribution in [0.3, 0.4) is 0 Å². The molecule has 3 aromatic rings. The highest BCUT2D eigenvalue weighted by Crippen LogP contribution is 2.23. The smallest absolute Gasteiger partial charge is 0.220 e. The first kappa shape index (κ1) is 18.2. The Morgan fingerprint density at radius 2 is 1.58 bits per heavy atom. The van der Waals surface area contributed by atoms with E-state index in [0.29, 0.717) is 0 Å². The Labute approximate surface area is 153 Å². The molecule has 0 atom stereocenters. The maximum atomic E-state index is 13.2. The average Bonchev–Trinajstić information content (AvgIpc) is 2.64. The summed E-state index contributed by atoms with van der Waals surface area (Å²) in [5.74, 6) is 0.0317. The number of benzene rings is 1. The highest BCUT2D eigenvalue weighted by atomic mass is 19.1. The zero-order chi connectivity index (χ0) is 18.4. The lowest BCUT2D eigenvalue weighted by molar-refractivity contribution is 0.605. The van der Waals surface area contributed by atoms with Gasteiger partial charge in [0, 0.05) is 5.56 Å². The van der Waals surface area contributed by atoms with Gasteiger partial charge in [0.15, 0.2) is 0 Å². The lowest BCUT2D eigenvalue weighted by atomic mass is 10.1. The second-order valence-corrected chi connectivity index (χ2v) is 6.62. The van der Waals surface area contributed by atoms with Crippen molar-refractivity contribution in [1.82, 2.24) is 15.0 Å². The Kier molecular flexibility index (Phi) is 6.10. The highest BCUT2D eigenvalue weighted by Gasteiger charge is 2.10. The van der Waals surface area contributed by atoms with Crippen LogP contribution in [0.15, 0.2) is 36.4 Å². The normalized spacial score (nSPS) is 11.2. The van der Waals surface area contributed by atoms with Gasteiger partial charge < -0.3 is 5.73 Å². The third kappa shape index (κ3) is 4.54. The molecule has 4 nitrogen and oxygen atoms in total. The first-order chi connectivity index (χ1) is 12.7. The summed E-state index contributed by atoms with van der Waals surface area (Å²) in [6.45, 7) is 2.22. The number of rotatable bonds is 8. The lowest BCUT2D eigenvalue weighted by Gasteiger charge is -2.08. The van der Waals surface area contributed by atoms with Crippen molar-refractivity contribution in [1.29, 1.82) is 0 Å². The molecule has 5 heteroatoms. The van der Waals surface area contributed by atoms with E-state index in [1.54, 1.807) is 12.1 Å². The molecule has 136 valence electrons. The van der Waals surface area contributed by atoms with Gasteiger partial charge in [-0.15, -0.1) is 0 Å². The Hall–Kier alpha value is -2.56. The van der Waals surface area contributed by atoms with Gasteiger partial charge in [0.2, 0.25) is 5.95 Å². The van der Waals surface area contributed by atoms with Crippen LogP contribution in [-0.2, 0) is 6.42 Å². The van der Waals surface area contributed by atoms with Crippen LogP contribution in [0.2, 0.25) is 0 Å². The molecule has 0 radical (unpaired) electrons. The monoisotopic (exact) mass is 352 g/mol. The molecule has 0 fully saturated rings. The first-order valence-electron chi connectivity index (χ1n) is 9.36. The maximum Gasteiger partial charge on any atom is 0.220 e. The van der Waals surface area contributed by atoms with E-state index in [4.69, 9.17) is 10.7 Å². The molecule has 26 heavy (non-hydrogen) atoms. The molecule has 0 aliphatic carbocycles. The van der Waals surface area contributed by atoms with Crippen LogP contribution in [0.25, 0.3) is 22.3 Å². The van der Waals surface area contributed by atoms with E-state index in [9.17, 15) is 4.39 Å². The molecule has 0 spiro atoms. The fourth-order valence-corrected chi connectivity index (χ4v) is 3.12. The predicted molar refractivity (Wildman–Crippen MR) is 104 cm³/mol. The molecule has 0 saturated heterocycles. The third-order valence-electron chi connectivity index (χ3n) is 4.54. The van der Waals surface area contributed by atoms with E-state index < -0.39 is 0 Å². The largest absolute Gasteiger partial charge is 0.368 e. The highest BCUT2D eigenvalue weighted by molar-refractivity contribution is 5.80. The van der Waals surface area contributed by atoms with Gasteiger partial charge in [0.1, 0.15) is 11.3 Å². The molecule has 0 saturated carbocycles. The third-order valence-corrected chi connectivity index (χ3v) is 4.54. The quantitative estimate of drug-likeness (QED) is 0.558. The van der Waals surface area contributed by atoms with Gasteiger partial charge in [-0.05, 0) is 49.2 Å². The van der Waals surface area contributed by atoms with Crippen molar-refractivity contribution >= 4 is 17.0 Å².